The molecule has 0 bridgehead atoms. The van der Waals surface area contributed by atoms with E-state index in [0.29, 0.717) is 16.6 Å². The van der Waals surface area contributed by atoms with Crippen molar-refractivity contribution in [3.05, 3.63) is 77.4 Å². The average Bonchev–Trinajstić information content (AvgIpc) is 2.89. The summed E-state index contributed by atoms with van der Waals surface area (Å²) >= 11 is 0. The van der Waals surface area contributed by atoms with E-state index in [1.54, 1.807) is 13.0 Å². The van der Waals surface area contributed by atoms with Crippen molar-refractivity contribution in [2.24, 2.45) is 0 Å². The molecule has 0 aromatic heterocycles. The molecule has 0 aliphatic carbocycles. The van der Waals surface area contributed by atoms with Crippen molar-refractivity contribution < 1.29 is 36.2 Å². The molecule has 0 radical (unpaired) electrons. The number of hydrogen-bond acceptors (Lipinski definition) is 6. The second-order valence-corrected chi connectivity index (χ2v) is 9.70. The zero-order chi connectivity index (χ0) is 27.2. The highest BCUT2D eigenvalue weighted by Crippen LogP contribution is 2.38. The molecule has 3 rings (SSSR count). The SMILES string of the molecule is CCCC(=O)NN(c1c(Cc2c(F)cccc2F)cccc1OC)S(=O)(=O)c1ccc(OC)c(OC)c1. The standard InChI is InChI=1S/C26H28F2N2O6S/c1-5-8-25(31)29-30(37(32,33)18-13-14-22(34-2)24(16-18)36-4)26-17(9-6-12-23(26)35-3)15-19-20(27)10-7-11-21(19)28/h6-7,9-14,16H,5,8,15H2,1-4H3,(H,29,31). The number of carbonyl (C=O) groups excluding carboxylic acids is 1. The minimum atomic E-state index is -4.49. The van der Waals surface area contributed by atoms with Crippen molar-refractivity contribution >= 4 is 21.6 Å². The molecule has 0 saturated heterocycles. The van der Waals surface area contributed by atoms with E-state index in [-0.39, 0.29) is 46.1 Å². The molecule has 0 aliphatic rings. The van der Waals surface area contributed by atoms with Gasteiger partial charge >= 0.3 is 0 Å². The van der Waals surface area contributed by atoms with Crippen LogP contribution in [-0.2, 0) is 21.2 Å². The Morgan fingerprint density at radius 2 is 1.51 bits per heavy atom. The lowest BCUT2D eigenvalue weighted by atomic mass is 10.0. The fourth-order valence-corrected chi connectivity index (χ4v) is 5.09. The first-order valence-electron chi connectivity index (χ1n) is 11.3. The van der Waals surface area contributed by atoms with E-state index in [2.05, 4.69) is 5.43 Å². The molecule has 0 atom stereocenters. The lowest BCUT2D eigenvalue weighted by molar-refractivity contribution is -0.121. The predicted octanol–water partition coefficient (Wildman–Crippen LogP) is 4.61. The molecular formula is C26H28F2N2O6S. The van der Waals surface area contributed by atoms with Crippen LogP contribution in [-0.4, -0.2) is 35.7 Å². The van der Waals surface area contributed by atoms with Gasteiger partial charge in [-0.2, -0.15) is 12.8 Å². The van der Waals surface area contributed by atoms with E-state index in [1.165, 1.54) is 57.7 Å². The minimum absolute atomic E-state index is 0.0321. The summed E-state index contributed by atoms with van der Waals surface area (Å²) in [6.07, 6.45) is 0.173. The molecule has 3 aromatic rings. The van der Waals surface area contributed by atoms with Crippen molar-refractivity contribution in [2.75, 3.05) is 25.7 Å². The van der Waals surface area contributed by atoms with Crippen molar-refractivity contribution in [3.8, 4) is 17.2 Å². The van der Waals surface area contributed by atoms with Gasteiger partial charge in [-0.3, -0.25) is 10.2 Å². The summed E-state index contributed by atoms with van der Waals surface area (Å²) in [7, 11) is -0.407. The van der Waals surface area contributed by atoms with Crippen LogP contribution in [0.1, 0.15) is 30.9 Å². The minimum Gasteiger partial charge on any atom is -0.494 e. The van der Waals surface area contributed by atoms with Crippen molar-refractivity contribution in [1.29, 1.82) is 0 Å². The first kappa shape index (κ1) is 27.7. The van der Waals surface area contributed by atoms with Crippen LogP contribution < -0.4 is 24.1 Å². The third-order valence-corrected chi connectivity index (χ3v) is 7.14. The van der Waals surface area contributed by atoms with Gasteiger partial charge in [-0.1, -0.05) is 25.1 Å². The Bertz CT molecular complexity index is 1360. The van der Waals surface area contributed by atoms with Gasteiger partial charge in [0.2, 0.25) is 5.91 Å². The first-order valence-corrected chi connectivity index (χ1v) is 12.8. The number of hydrazine groups is 1. The molecule has 3 aromatic carbocycles. The molecule has 8 nitrogen and oxygen atoms in total. The highest BCUT2D eigenvalue weighted by atomic mass is 32.2. The predicted molar refractivity (Wildman–Crippen MR) is 134 cm³/mol. The van der Waals surface area contributed by atoms with E-state index >= 15 is 0 Å². The molecule has 0 spiro atoms. The third-order valence-electron chi connectivity index (χ3n) is 5.53. The number of nitrogens with zero attached hydrogens (tertiary/aromatic N) is 1. The van der Waals surface area contributed by atoms with Gasteiger partial charge in [0.05, 0.1) is 26.2 Å². The maximum atomic E-state index is 14.5. The van der Waals surface area contributed by atoms with Gasteiger partial charge in [-0.05, 0) is 42.3 Å². The summed E-state index contributed by atoms with van der Waals surface area (Å²) in [4.78, 5) is 12.5. The number of hydrogen-bond donors (Lipinski definition) is 1. The third kappa shape index (κ3) is 5.93. The molecule has 0 unspecified atom stereocenters. The van der Waals surface area contributed by atoms with Crippen LogP contribution in [0.4, 0.5) is 14.5 Å². The second-order valence-electron chi connectivity index (χ2n) is 7.92. The van der Waals surface area contributed by atoms with Gasteiger partial charge in [0.25, 0.3) is 10.0 Å². The fraction of sp³-hybridized carbons (Fsp3) is 0.269. The molecule has 37 heavy (non-hydrogen) atoms. The summed E-state index contributed by atoms with van der Waals surface area (Å²) in [5, 5.41) is 0. The Balaban J connectivity index is 2.25. The van der Waals surface area contributed by atoms with Crippen molar-refractivity contribution in [3.63, 3.8) is 0 Å². The molecule has 0 aliphatic heterocycles. The van der Waals surface area contributed by atoms with Crippen LogP contribution >= 0.6 is 0 Å². The van der Waals surface area contributed by atoms with Gasteiger partial charge in [-0.25, -0.2) is 8.78 Å². The van der Waals surface area contributed by atoms with Gasteiger partial charge < -0.3 is 14.2 Å². The highest BCUT2D eigenvalue weighted by Gasteiger charge is 2.32. The van der Waals surface area contributed by atoms with Crippen LogP contribution in [0.3, 0.4) is 0 Å². The van der Waals surface area contributed by atoms with Crippen LogP contribution in [0.15, 0.2) is 59.5 Å². The number of rotatable bonds is 11. The normalized spacial score (nSPS) is 11.1. The molecule has 11 heteroatoms. The van der Waals surface area contributed by atoms with Crippen LogP contribution in [0.25, 0.3) is 0 Å². The Morgan fingerprint density at radius 1 is 0.892 bits per heavy atom. The summed E-state index contributed by atoms with van der Waals surface area (Å²) in [6, 6.07) is 12.0. The molecule has 1 amide bonds. The van der Waals surface area contributed by atoms with Crippen LogP contribution in [0.2, 0.25) is 0 Å². The summed E-state index contributed by atoms with van der Waals surface area (Å²) < 4.78 is 73.5. The first-order chi connectivity index (χ1) is 17.7. The van der Waals surface area contributed by atoms with Gasteiger partial charge in [0.15, 0.2) is 11.5 Å². The number of ether oxygens (including phenoxy) is 3. The Kier molecular flexibility index (Phi) is 8.93. The van der Waals surface area contributed by atoms with Gasteiger partial charge in [0.1, 0.15) is 23.1 Å². The van der Waals surface area contributed by atoms with Crippen LogP contribution in [0, 0.1) is 11.6 Å². The maximum Gasteiger partial charge on any atom is 0.282 e. The Hall–Kier alpha value is -3.86. The van der Waals surface area contributed by atoms with E-state index < -0.39 is 27.6 Å². The monoisotopic (exact) mass is 534 g/mol. The summed E-state index contributed by atoms with van der Waals surface area (Å²) in [5.74, 6) is -1.65. The van der Waals surface area contributed by atoms with E-state index in [1.807, 2.05) is 0 Å². The van der Waals surface area contributed by atoms with Crippen molar-refractivity contribution in [2.45, 2.75) is 31.1 Å². The molecule has 198 valence electrons. The van der Waals surface area contributed by atoms with Crippen molar-refractivity contribution in [1.82, 2.24) is 5.43 Å². The Labute approximate surface area is 214 Å². The largest absolute Gasteiger partial charge is 0.494 e. The molecule has 0 saturated carbocycles. The lowest BCUT2D eigenvalue weighted by Crippen LogP contribution is -2.47. The van der Waals surface area contributed by atoms with Crippen LogP contribution in [0.5, 0.6) is 17.2 Å². The smallest absolute Gasteiger partial charge is 0.282 e. The molecular weight excluding hydrogens is 506 g/mol. The zero-order valence-corrected chi connectivity index (χ0v) is 21.7. The number of anilines is 1. The number of nitrogens with one attached hydrogen (secondary N) is 1. The molecule has 0 heterocycles. The quantitative estimate of drug-likeness (QED) is 0.361. The van der Waals surface area contributed by atoms with E-state index in [9.17, 15) is 22.0 Å². The number of amides is 1. The molecule has 0 fully saturated rings. The number of halogens is 2. The highest BCUT2D eigenvalue weighted by molar-refractivity contribution is 7.92. The zero-order valence-electron chi connectivity index (χ0n) is 20.9. The average molecular weight is 535 g/mol. The number of benzene rings is 3. The van der Waals surface area contributed by atoms with E-state index in [4.69, 9.17) is 14.2 Å². The topological polar surface area (TPSA) is 94.2 Å². The van der Waals surface area contributed by atoms with E-state index in [0.717, 1.165) is 12.1 Å². The molecule has 1 N–H and O–H groups in total. The fourth-order valence-electron chi connectivity index (χ4n) is 3.71. The lowest BCUT2D eigenvalue weighted by Gasteiger charge is -2.28. The Morgan fingerprint density at radius 3 is 2.11 bits per heavy atom. The number of carbonyl (C=O) groups is 1. The number of para-hydroxylation sites is 1. The summed E-state index contributed by atoms with van der Waals surface area (Å²) in [6.45, 7) is 1.77. The second kappa shape index (κ2) is 11.9. The maximum absolute atomic E-state index is 14.5. The van der Waals surface area contributed by atoms with Gasteiger partial charge in [-0.15, -0.1) is 0 Å². The summed E-state index contributed by atoms with van der Waals surface area (Å²) in [5.41, 5.74) is 2.28. The van der Waals surface area contributed by atoms with Gasteiger partial charge in [0, 0.05) is 24.5 Å². The number of methoxy groups -OCH3 is 3. The number of sulfonamides is 1.